The van der Waals surface area contributed by atoms with Crippen molar-refractivity contribution in [1.82, 2.24) is 19.7 Å². The Morgan fingerprint density at radius 3 is 2.86 bits per heavy atom. The lowest BCUT2D eigenvalue weighted by atomic mass is 10.1. The molecule has 1 aliphatic carbocycles. The van der Waals surface area contributed by atoms with Crippen molar-refractivity contribution in [3.8, 4) is 0 Å². The zero-order valence-electron chi connectivity index (χ0n) is 12.2. The summed E-state index contributed by atoms with van der Waals surface area (Å²) in [6.45, 7) is 0.505. The van der Waals surface area contributed by atoms with Gasteiger partial charge in [-0.25, -0.2) is 17.8 Å². The molecule has 3 rings (SSSR count). The highest BCUT2D eigenvalue weighted by molar-refractivity contribution is 7.92. The molecule has 1 saturated carbocycles. The van der Waals surface area contributed by atoms with Crippen molar-refractivity contribution in [2.45, 2.75) is 32.2 Å². The molecule has 0 atom stereocenters. The molecule has 1 fully saturated rings. The van der Waals surface area contributed by atoms with Crippen LogP contribution in [0.25, 0.3) is 0 Å². The highest BCUT2D eigenvalue weighted by Gasteiger charge is 2.23. The second-order valence-corrected chi connectivity index (χ2v) is 7.43. The van der Waals surface area contributed by atoms with Gasteiger partial charge in [-0.05, 0) is 30.4 Å². The fourth-order valence-electron chi connectivity index (χ4n) is 2.76. The Morgan fingerprint density at radius 2 is 2.14 bits per heavy atom. The summed E-state index contributed by atoms with van der Waals surface area (Å²) in [5, 5.41) is 4.15. The van der Waals surface area contributed by atoms with Gasteiger partial charge in [0.15, 0.2) is 0 Å². The molecule has 1 N–H and O–H groups in total. The molecule has 0 bridgehead atoms. The maximum atomic E-state index is 12.1. The molecule has 8 heteroatoms. The third kappa shape index (κ3) is 4.03. The van der Waals surface area contributed by atoms with Gasteiger partial charge in [-0.3, -0.25) is 4.98 Å². The Balaban J connectivity index is 1.61. The number of hydrogen-bond donors (Lipinski definition) is 1. The van der Waals surface area contributed by atoms with Crippen LogP contribution in [0.5, 0.6) is 0 Å². The number of sulfonamides is 1. The van der Waals surface area contributed by atoms with Crippen LogP contribution in [0.3, 0.4) is 0 Å². The Labute approximate surface area is 129 Å². The van der Waals surface area contributed by atoms with Gasteiger partial charge in [0.2, 0.25) is 10.0 Å². The van der Waals surface area contributed by atoms with E-state index in [9.17, 15) is 8.42 Å². The molecule has 0 radical (unpaired) electrons. The molecule has 0 spiro atoms. The van der Waals surface area contributed by atoms with E-state index in [1.807, 2.05) is 12.1 Å². The van der Waals surface area contributed by atoms with Crippen molar-refractivity contribution >= 4 is 16.0 Å². The van der Waals surface area contributed by atoms with Gasteiger partial charge >= 0.3 is 0 Å². The first-order valence-corrected chi connectivity index (χ1v) is 9.05. The van der Waals surface area contributed by atoms with E-state index < -0.39 is 10.0 Å². The zero-order valence-corrected chi connectivity index (χ0v) is 13.0. The quantitative estimate of drug-likeness (QED) is 0.874. The molecule has 0 saturated heterocycles. The Kier molecular flexibility index (Phi) is 4.37. The summed E-state index contributed by atoms with van der Waals surface area (Å²) in [6, 6.07) is 3.77. The second kappa shape index (κ2) is 6.43. The first-order valence-electron chi connectivity index (χ1n) is 7.39. The minimum atomic E-state index is -3.38. The van der Waals surface area contributed by atoms with Gasteiger partial charge in [-0.2, -0.15) is 4.98 Å². The highest BCUT2D eigenvalue weighted by Crippen LogP contribution is 2.26. The SMILES string of the molecule is O=S(=O)(CC1CCCC1)Nc1ncn(Cc2cccnc2)n1. The number of pyridine rings is 1. The molecule has 1 aliphatic rings. The van der Waals surface area contributed by atoms with E-state index in [-0.39, 0.29) is 17.6 Å². The lowest BCUT2D eigenvalue weighted by Crippen LogP contribution is -2.22. The van der Waals surface area contributed by atoms with Crippen LogP contribution in [0.2, 0.25) is 0 Å². The molecule has 7 nitrogen and oxygen atoms in total. The van der Waals surface area contributed by atoms with Crippen LogP contribution in [0, 0.1) is 5.92 Å². The number of nitrogens with zero attached hydrogens (tertiary/aromatic N) is 4. The Morgan fingerprint density at radius 1 is 1.32 bits per heavy atom. The normalized spacial score (nSPS) is 16.0. The van der Waals surface area contributed by atoms with Gasteiger partial charge in [-0.1, -0.05) is 18.9 Å². The van der Waals surface area contributed by atoms with E-state index in [2.05, 4.69) is 19.8 Å². The van der Waals surface area contributed by atoms with Crippen LogP contribution < -0.4 is 4.72 Å². The van der Waals surface area contributed by atoms with Crippen LogP contribution in [0.4, 0.5) is 5.95 Å². The largest absolute Gasteiger partial charge is 0.264 e. The van der Waals surface area contributed by atoms with Crippen molar-refractivity contribution in [3.63, 3.8) is 0 Å². The molecule has 0 unspecified atom stereocenters. The lowest BCUT2D eigenvalue weighted by Gasteiger charge is -2.09. The average molecular weight is 321 g/mol. The highest BCUT2D eigenvalue weighted by atomic mass is 32.2. The predicted molar refractivity (Wildman–Crippen MR) is 82.7 cm³/mol. The van der Waals surface area contributed by atoms with Crippen LogP contribution in [-0.2, 0) is 16.6 Å². The predicted octanol–water partition coefficient (Wildman–Crippen LogP) is 1.65. The van der Waals surface area contributed by atoms with Gasteiger partial charge < -0.3 is 0 Å². The van der Waals surface area contributed by atoms with E-state index in [0.717, 1.165) is 31.2 Å². The smallest absolute Gasteiger partial charge is 0.255 e. The summed E-state index contributed by atoms with van der Waals surface area (Å²) in [5.41, 5.74) is 0.979. The fourth-order valence-corrected chi connectivity index (χ4v) is 4.17. The van der Waals surface area contributed by atoms with Crippen LogP contribution >= 0.6 is 0 Å². The first kappa shape index (κ1) is 15.0. The van der Waals surface area contributed by atoms with E-state index >= 15 is 0 Å². The van der Waals surface area contributed by atoms with Gasteiger partial charge in [0.05, 0.1) is 12.3 Å². The van der Waals surface area contributed by atoms with Gasteiger partial charge in [-0.15, -0.1) is 5.10 Å². The average Bonchev–Trinajstić information content (AvgIpc) is 3.11. The topological polar surface area (TPSA) is 89.8 Å². The number of rotatable bonds is 6. The van der Waals surface area contributed by atoms with E-state index in [4.69, 9.17) is 0 Å². The minimum absolute atomic E-state index is 0.127. The summed E-state index contributed by atoms with van der Waals surface area (Å²) < 4.78 is 28.3. The van der Waals surface area contributed by atoms with E-state index in [1.165, 1.54) is 6.33 Å². The van der Waals surface area contributed by atoms with Crippen molar-refractivity contribution in [1.29, 1.82) is 0 Å². The number of nitrogens with one attached hydrogen (secondary N) is 1. The summed E-state index contributed by atoms with van der Waals surface area (Å²) in [7, 11) is -3.38. The molecule has 2 aromatic rings. The molecule has 0 aromatic carbocycles. The maximum Gasteiger partial charge on any atom is 0.255 e. The summed E-state index contributed by atoms with van der Waals surface area (Å²) in [4.78, 5) is 8.04. The summed E-state index contributed by atoms with van der Waals surface area (Å²) >= 11 is 0. The minimum Gasteiger partial charge on any atom is -0.264 e. The number of aromatic nitrogens is 4. The van der Waals surface area contributed by atoms with Crippen molar-refractivity contribution in [2.24, 2.45) is 5.92 Å². The van der Waals surface area contributed by atoms with Gasteiger partial charge in [0.25, 0.3) is 5.95 Å². The zero-order chi connectivity index (χ0) is 15.4. The van der Waals surface area contributed by atoms with Crippen LogP contribution in [0.15, 0.2) is 30.9 Å². The Bertz CT molecular complexity index is 708. The number of hydrogen-bond acceptors (Lipinski definition) is 5. The summed E-state index contributed by atoms with van der Waals surface area (Å²) in [6.07, 6.45) is 9.18. The molecule has 118 valence electrons. The molecular weight excluding hydrogens is 302 g/mol. The monoisotopic (exact) mass is 321 g/mol. The maximum absolute atomic E-state index is 12.1. The van der Waals surface area contributed by atoms with Gasteiger partial charge in [0.1, 0.15) is 6.33 Å². The first-order chi connectivity index (χ1) is 10.6. The van der Waals surface area contributed by atoms with E-state index in [0.29, 0.717) is 6.54 Å². The molecule has 2 aromatic heterocycles. The van der Waals surface area contributed by atoms with Gasteiger partial charge in [0, 0.05) is 12.4 Å². The van der Waals surface area contributed by atoms with Crippen molar-refractivity contribution in [3.05, 3.63) is 36.4 Å². The molecular formula is C14H19N5O2S. The second-order valence-electron chi connectivity index (χ2n) is 5.66. The van der Waals surface area contributed by atoms with Crippen molar-refractivity contribution < 1.29 is 8.42 Å². The third-order valence-electron chi connectivity index (χ3n) is 3.78. The van der Waals surface area contributed by atoms with Crippen LogP contribution in [0.1, 0.15) is 31.2 Å². The standard InChI is InChI=1S/C14H19N5O2S/c20-22(21,10-12-4-1-2-5-12)18-14-16-11-19(17-14)9-13-6-3-7-15-8-13/h3,6-8,11-12H,1-2,4-5,9-10H2,(H,17,18). The Hall–Kier alpha value is -1.96. The third-order valence-corrected chi connectivity index (χ3v) is 5.18. The molecule has 0 amide bonds. The molecule has 0 aliphatic heterocycles. The van der Waals surface area contributed by atoms with Crippen LogP contribution in [-0.4, -0.2) is 33.9 Å². The number of anilines is 1. The molecule has 22 heavy (non-hydrogen) atoms. The van der Waals surface area contributed by atoms with E-state index in [1.54, 1.807) is 17.1 Å². The lowest BCUT2D eigenvalue weighted by molar-refractivity contribution is 0.562. The van der Waals surface area contributed by atoms with Crippen molar-refractivity contribution in [2.75, 3.05) is 10.5 Å². The fraction of sp³-hybridized carbons (Fsp3) is 0.500. The summed E-state index contributed by atoms with van der Waals surface area (Å²) in [5.74, 6) is 0.543. The molecule has 2 heterocycles.